The Bertz CT molecular complexity index is 866. The van der Waals surface area contributed by atoms with Crippen LogP contribution in [0.3, 0.4) is 0 Å². The number of rotatable bonds is 3. The number of nitrogens with zero attached hydrogens (tertiary/aromatic N) is 2. The zero-order valence-electron chi connectivity index (χ0n) is 11.8. The molecule has 0 spiro atoms. The van der Waals surface area contributed by atoms with Crippen molar-refractivity contribution >= 4 is 28.6 Å². The molecule has 0 bridgehead atoms. The molecule has 1 aliphatic carbocycles. The largest absolute Gasteiger partial charge is 0.384 e. The number of aromatic nitrogens is 3. The Morgan fingerprint density at radius 3 is 2.86 bits per heavy atom. The molecule has 1 amide bonds. The van der Waals surface area contributed by atoms with E-state index in [1.54, 1.807) is 6.07 Å². The molecule has 4 rings (SSSR count). The Kier molecular flexibility index (Phi) is 2.82. The predicted molar refractivity (Wildman–Crippen MR) is 85.1 cm³/mol. The first kappa shape index (κ1) is 12.8. The van der Waals surface area contributed by atoms with Gasteiger partial charge in [-0.25, -0.2) is 9.97 Å². The highest BCUT2D eigenvalue weighted by Gasteiger charge is 2.29. The van der Waals surface area contributed by atoms with Gasteiger partial charge < -0.3 is 16.0 Å². The Balaban J connectivity index is 1.69. The highest BCUT2D eigenvalue weighted by molar-refractivity contribution is 5.96. The second kappa shape index (κ2) is 4.84. The zero-order chi connectivity index (χ0) is 15.1. The van der Waals surface area contributed by atoms with E-state index in [0.29, 0.717) is 17.3 Å². The lowest BCUT2D eigenvalue weighted by Crippen LogP contribution is -2.14. The van der Waals surface area contributed by atoms with Crippen LogP contribution in [-0.2, 0) is 4.79 Å². The van der Waals surface area contributed by atoms with Crippen LogP contribution in [0.25, 0.3) is 22.3 Å². The molecule has 22 heavy (non-hydrogen) atoms. The third-order valence-electron chi connectivity index (χ3n) is 3.78. The molecule has 3 aromatic rings. The number of anilines is 2. The van der Waals surface area contributed by atoms with E-state index in [0.717, 1.165) is 29.5 Å². The summed E-state index contributed by atoms with van der Waals surface area (Å²) in [6.07, 6.45) is 3.80. The highest BCUT2D eigenvalue weighted by Crippen LogP contribution is 2.31. The van der Waals surface area contributed by atoms with Crippen molar-refractivity contribution < 1.29 is 4.79 Å². The minimum Gasteiger partial charge on any atom is -0.384 e. The minimum absolute atomic E-state index is 0.0520. The lowest BCUT2D eigenvalue weighted by Gasteiger charge is -2.04. The van der Waals surface area contributed by atoms with Gasteiger partial charge in [0, 0.05) is 23.1 Å². The molecule has 1 aliphatic rings. The average molecular weight is 293 g/mol. The molecule has 6 nitrogen and oxygen atoms in total. The van der Waals surface area contributed by atoms with Crippen molar-refractivity contribution in [3.8, 4) is 11.3 Å². The standard InChI is InChI=1S/C16H15N5O/c17-13-3-1-2-12(19-13)11-8-18-15-10(11)6-7-14(20-15)21-16(22)9-4-5-9/h1-3,6-9H,4-5H2,(H2,17,19)(H2,18,20,21,22). The first-order valence-electron chi connectivity index (χ1n) is 7.22. The minimum atomic E-state index is 0.0520. The fraction of sp³-hybridized carbons (Fsp3) is 0.188. The Labute approximate surface area is 126 Å². The van der Waals surface area contributed by atoms with Gasteiger partial charge in [-0.3, -0.25) is 4.79 Å². The molecule has 0 atom stereocenters. The summed E-state index contributed by atoms with van der Waals surface area (Å²) in [5, 5.41) is 3.80. The molecular weight excluding hydrogens is 278 g/mol. The van der Waals surface area contributed by atoms with Crippen LogP contribution >= 0.6 is 0 Å². The number of carbonyl (C=O) groups is 1. The quantitative estimate of drug-likeness (QED) is 0.691. The second-order valence-corrected chi connectivity index (χ2v) is 5.51. The van der Waals surface area contributed by atoms with Crippen molar-refractivity contribution in [1.29, 1.82) is 0 Å². The van der Waals surface area contributed by atoms with Crippen LogP contribution in [0.5, 0.6) is 0 Å². The smallest absolute Gasteiger partial charge is 0.228 e. The van der Waals surface area contributed by atoms with Crippen LogP contribution in [0, 0.1) is 5.92 Å². The summed E-state index contributed by atoms with van der Waals surface area (Å²) >= 11 is 0. The van der Waals surface area contributed by atoms with Gasteiger partial charge in [0.2, 0.25) is 5.91 Å². The van der Waals surface area contributed by atoms with Crippen LogP contribution in [0.4, 0.5) is 11.6 Å². The predicted octanol–water partition coefficient (Wildman–Crippen LogP) is 2.56. The van der Waals surface area contributed by atoms with Gasteiger partial charge in [0.15, 0.2) is 0 Å². The number of aromatic amines is 1. The summed E-state index contributed by atoms with van der Waals surface area (Å²) in [6.45, 7) is 0. The molecular formula is C16H15N5O. The van der Waals surface area contributed by atoms with E-state index in [4.69, 9.17) is 5.73 Å². The van der Waals surface area contributed by atoms with Crippen molar-refractivity contribution in [2.24, 2.45) is 5.92 Å². The van der Waals surface area contributed by atoms with Crippen molar-refractivity contribution in [3.63, 3.8) is 0 Å². The van der Waals surface area contributed by atoms with Gasteiger partial charge in [-0.05, 0) is 37.1 Å². The van der Waals surface area contributed by atoms with Gasteiger partial charge in [0.05, 0.1) is 5.69 Å². The fourth-order valence-corrected chi connectivity index (χ4v) is 2.46. The summed E-state index contributed by atoms with van der Waals surface area (Å²) in [7, 11) is 0. The van der Waals surface area contributed by atoms with E-state index >= 15 is 0 Å². The summed E-state index contributed by atoms with van der Waals surface area (Å²) in [5.41, 5.74) is 8.19. The third-order valence-corrected chi connectivity index (χ3v) is 3.78. The summed E-state index contributed by atoms with van der Waals surface area (Å²) in [4.78, 5) is 23.7. The molecule has 6 heteroatoms. The maximum Gasteiger partial charge on any atom is 0.228 e. The van der Waals surface area contributed by atoms with Gasteiger partial charge in [-0.2, -0.15) is 0 Å². The Hall–Kier alpha value is -2.89. The SMILES string of the molecule is Nc1cccc(-c2c[nH]c3nc(NC(=O)C4CC4)ccc23)n1. The number of nitrogens with two attached hydrogens (primary N) is 1. The summed E-state index contributed by atoms with van der Waals surface area (Å²) in [5.74, 6) is 1.26. The summed E-state index contributed by atoms with van der Waals surface area (Å²) < 4.78 is 0. The number of nitrogens with one attached hydrogen (secondary N) is 2. The molecule has 0 aromatic carbocycles. The third kappa shape index (κ3) is 2.28. The average Bonchev–Trinajstić information content (AvgIpc) is 3.27. The molecule has 3 heterocycles. The molecule has 0 unspecified atom stereocenters. The number of pyridine rings is 2. The molecule has 0 aliphatic heterocycles. The number of amides is 1. The normalized spacial score (nSPS) is 14.2. The summed E-state index contributed by atoms with van der Waals surface area (Å²) in [6, 6.07) is 9.27. The maximum atomic E-state index is 11.8. The lowest BCUT2D eigenvalue weighted by atomic mass is 10.1. The topological polar surface area (TPSA) is 96.7 Å². The van der Waals surface area contributed by atoms with Crippen LogP contribution in [-0.4, -0.2) is 20.9 Å². The molecule has 0 radical (unpaired) electrons. The van der Waals surface area contributed by atoms with E-state index in [1.165, 1.54) is 0 Å². The van der Waals surface area contributed by atoms with E-state index in [-0.39, 0.29) is 11.8 Å². The molecule has 1 saturated carbocycles. The maximum absolute atomic E-state index is 11.8. The van der Waals surface area contributed by atoms with Crippen molar-refractivity contribution in [1.82, 2.24) is 15.0 Å². The molecule has 3 aromatic heterocycles. The number of hydrogen-bond acceptors (Lipinski definition) is 4. The van der Waals surface area contributed by atoms with Crippen LogP contribution < -0.4 is 11.1 Å². The fourth-order valence-electron chi connectivity index (χ4n) is 2.46. The second-order valence-electron chi connectivity index (χ2n) is 5.51. The van der Waals surface area contributed by atoms with E-state index in [9.17, 15) is 4.79 Å². The van der Waals surface area contributed by atoms with Gasteiger partial charge in [-0.1, -0.05) is 6.07 Å². The zero-order valence-corrected chi connectivity index (χ0v) is 11.8. The highest BCUT2D eigenvalue weighted by atomic mass is 16.2. The Morgan fingerprint density at radius 1 is 1.23 bits per heavy atom. The number of carbonyl (C=O) groups excluding carboxylic acids is 1. The van der Waals surface area contributed by atoms with Gasteiger partial charge >= 0.3 is 0 Å². The number of fused-ring (bicyclic) bond motifs is 1. The van der Waals surface area contributed by atoms with Crippen molar-refractivity contribution in [2.45, 2.75) is 12.8 Å². The molecule has 4 N–H and O–H groups in total. The van der Waals surface area contributed by atoms with E-state index < -0.39 is 0 Å². The first-order chi connectivity index (χ1) is 10.7. The molecule has 1 fully saturated rings. The van der Waals surface area contributed by atoms with Crippen LogP contribution in [0.15, 0.2) is 36.5 Å². The van der Waals surface area contributed by atoms with Crippen molar-refractivity contribution in [3.05, 3.63) is 36.5 Å². The van der Waals surface area contributed by atoms with Crippen LogP contribution in [0.2, 0.25) is 0 Å². The van der Waals surface area contributed by atoms with Crippen LogP contribution in [0.1, 0.15) is 12.8 Å². The van der Waals surface area contributed by atoms with Gasteiger partial charge in [0.25, 0.3) is 0 Å². The number of H-pyrrole nitrogens is 1. The lowest BCUT2D eigenvalue weighted by molar-refractivity contribution is -0.117. The molecule has 110 valence electrons. The van der Waals surface area contributed by atoms with Gasteiger partial charge in [-0.15, -0.1) is 0 Å². The molecule has 0 saturated heterocycles. The monoisotopic (exact) mass is 293 g/mol. The number of nitrogen functional groups attached to an aromatic ring is 1. The van der Waals surface area contributed by atoms with Crippen molar-refractivity contribution in [2.75, 3.05) is 11.1 Å². The van der Waals surface area contributed by atoms with Gasteiger partial charge in [0.1, 0.15) is 17.3 Å². The Morgan fingerprint density at radius 2 is 2.09 bits per heavy atom. The first-order valence-corrected chi connectivity index (χ1v) is 7.22. The van der Waals surface area contributed by atoms with E-state index in [1.807, 2.05) is 30.5 Å². The number of hydrogen-bond donors (Lipinski definition) is 3. The van der Waals surface area contributed by atoms with E-state index in [2.05, 4.69) is 20.3 Å².